The summed E-state index contributed by atoms with van der Waals surface area (Å²) in [5.74, 6) is 1.71. The van der Waals surface area contributed by atoms with E-state index in [0.717, 1.165) is 72.9 Å². The number of imidazole rings is 1. The van der Waals surface area contributed by atoms with Gasteiger partial charge in [0.05, 0.1) is 12.6 Å². The molecule has 1 saturated heterocycles. The van der Waals surface area contributed by atoms with E-state index in [1.807, 2.05) is 66.5 Å². The normalized spacial score (nSPS) is 15.7. The first-order chi connectivity index (χ1) is 19.4. The van der Waals surface area contributed by atoms with E-state index < -0.39 is 0 Å². The number of aromatic nitrogens is 3. The number of benzene rings is 2. The molecule has 1 fully saturated rings. The van der Waals surface area contributed by atoms with Gasteiger partial charge >= 0.3 is 0 Å². The van der Waals surface area contributed by atoms with E-state index in [4.69, 9.17) is 9.72 Å². The predicted octanol–water partition coefficient (Wildman–Crippen LogP) is 4.84. The van der Waals surface area contributed by atoms with Crippen LogP contribution in [0.15, 0.2) is 72.9 Å². The molecule has 0 saturated carbocycles. The molecule has 0 radical (unpaired) electrons. The third kappa shape index (κ3) is 6.24. The van der Waals surface area contributed by atoms with Crippen LogP contribution in [-0.2, 0) is 11.3 Å². The first-order valence-corrected chi connectivity index (χ1v) is 13.9. The number of methoxy groups -OCH3 is 1. The molecule has 40 heavy (non-hydrogen) atoms. The molecular formula is C32H38N6O2. The van der Waals surface area contributed by atoms with Crippen molar-refractivity contribution in [1.29, 1.82) is 0 Å². The maximum absolute atomic E-state index is 12.6. The highest BCUT2D eigenvalue weighted by Gasteiger charge is 2.29. The number of rotatable bonds is 10. The van der Waals surface area contributed by atoms with Gasteiger partial charge in [-0.05, 0) is 68.5 Å². The van der Waals surface area contributed by atoms with Gasteiger partial charge in [0.2, 0.25) is 5.91 Å². The summed E-state index contributed by atoms with van der Waals surface area (Å²) >= 11 is 0. The van der Waals surface area contributed by atoms with Gasteiger partial charge < -0.3 is 19.5 Å². The number of aromatic amines is 1. The second-order valence-electron chi connectivity index (χ2n) is 10.5. The van der Waals surface area contributed by atoms with Crippen molar-refractivity contribution in [2.24, 2.45) is 0 Å². The molecule has 2 aromatic heterocycles. The molecule has 8 nitrogen and oxygen atoms in total. The number of nitrogens with one attached hydrogen (secondary N) is 1. The van der Waals surface area contributed by atoms with E-state index in [1.54, 1.807) is 13.2 Å². The molecule has 208 valence electrons. The lowest BCUT2D eigenvalue weighted by Crippen LogP contribution is -2.38. The zero-order chi connectivity index (χ0) is 28.1. The standard InChI is InChI=1S/C32H38N6O2/c1-5-37(26-17-20-38(22-26)29(39)7-6-19-36(2)3)21-23-8-10-24(11-9-23)28-16-18-33-32-30(28)34-31(35-32)25-12-14-27(40-4)15-13-25/h6-16,18,26H,5,17,19-22H2,1-4H3,(H,33,34,35)/b7-6+/t26-/m0/s1. The zero-order valence-corrected chi connectivity index (χ0v) is 23.8. The molecule has 3 heterocycles. The van der Waals surface area contributed by atoms with Crippen LogP contribution in [0.3, 0.4) is 0 Å². The molecule has 0 bridgehead atoms. The third-order valence-electron chi connectivity index (χ3n) is 7.53. The maximum atomic E-state index is 12.6. The van der Waals surface area contributed by atoms with E-state index in [-0.39, 0.29) is 5.91 Å². The minimum Gasteiger partial charge on any atom is -0.497 e. The summed E-state index contributed by atoms with van der Waals surface area (Å²) in [6, 6.07) is 19.0. The number of likely N-dealkylation sites (N-methyl/N-ethyl adjacent to an activating group) is 2. The number of carbonyl (C=O) groups is 1. The van der Waals surface area contributed by atoms with Gasteiger partial charge in [0.15, 0.2) is 5.65 Å². The van der Waals surface area contributed by atoms with Crippen LogP contribution in [0.4, 0.5) is 0 Å². The molecule has 5 rings (SSSR count). The largest absolute Gasteiger partial charge is 0.497 e. The van der Waals surface area contributed by atoms with Gasteiger partial charge in [-0.25, -0.2) is 9.97 Å². The van der Waals surface area contributed by atoms with Crippen LogP contribution in [-0.4, -0.2) is 89.0 Å². The Morgan fingerprint density at radius 2 is 1.85 bits per heavy atom. The Hall–Kier alpha value is -4.01. The van der Waals surface area contributed by atoms with Crippen molar-refractivity contribution in [2.45, 2.75) is 25.9 Å². The number of likely N-dealkylation sites (tertiary alicyclic amines) is 1. The van der Waals surface area contributed by atoms with Crippen molar-refractivity contribution < 1.29 is 9.53 Å². The second kappa shape index (κ2) is 12.4. The van der Waals surface area contributed by atoms with E-state index in [0.29, 0.717) is 11.7 Å². The SMILES string of the molecule is CCN(Cc1ccc(-c2ccnc3nc(-c4ccc(OC)cc4)[nH]c23)cc1)[C@H]1CCN(C(=O)/C=C/CN(C)C)C1. The molecule has 2 aromatic carbocycles. The molecule has 0 unspecified atom stereocenters. The van der Waals surface area contributed by atoms with Crippen LogP contribution in [0, 0.1) is 0 Å². The minimum absolute atomic E-state index is 0.113. The van der Waals surface area contributed by atoms with Gasteiger partial charge in [0.25, 0.3) is 0 Å². The number of hydrogen-bond acceptors (Lipinski definition) is 6. The first-order valence-electron chi connectivity index (χ1n) is 13.9. The lowest BCUT2D eigenvalue weighted by Gasteiger charge is -2.27. The lowest BCUT2D eigenvalue weighted by molar-refractivity contribution is -0.125. The Bertz CT molecular complexity index is 1460. The van der Waals surface area contributed by atoms with Gasteiger partial charge in [-0.3, -0.25) is 9.69 Å². The van der Waals surface area contributed by atoms with Crippen LogP contribution in [0.25, 0.3) is 33.7 Å². The minimum atomic E-state index is 0.113. The van der Waals surface area contributed by atoms with E-state index in [1.165, 1.54) is 5.56 Å². The van der Waals surface area contributed by atoms with E-state index in [2.05, 4.69) is 46.1 Å². The number of pyridine rings is 1. The summed E-state index contributed by atoms with van der Waals surface area (Å²) in [4.78, 5) is 31.8. The number of hydrogen-bond donors (Lipinski definition) is 1. The number of ether oxygens (including phenoxy) is 1. The molecule has 8 heteroatoms. The number of H-pyrrole nitrogens is 1. The van der Waals surface area contributed by atoms with Gasteiger partial charge in [0.1, 0.15) is 11.6 Å². The number of nitrogens with zero attached hydrogens (tertiary/aromatic N) is 5. The summed E-state index contributed by atoms with van der Waals surface area (Å²) in [7, 11) is 5.66. The fourth-order valence-electron chi connectivity index (χ4n) is 5.27. The van der Waals surface area contributed by atoms with Crippen molar-refractivity contribution in [2.75, 3.05) is 47.4 Å². The number of carbonyl (C=O) groups excluding carboxylic acids is 1. The van der Waals surface area contributed by atoms with Crippen LogP contribution in [0.2, 0.25) is 0 Å². The summed E-state index contributed by atoms with van der Waals surface area (Å²) in [6.45, 7) is 6.36. The van der Waals surface area contributed by atoms with Crippen LogP contribution in [0.1, 0.15) is 18.9 Å². The maximum Gasteiger partial charge on any atom is 0.246 e. The molecule has 1 aliphatic rings. The zero-order valence-electron chi connectivity index (χ0n) is 23.8. The Morgan fingerprint density at radius 1 is 1.10 bits per heavy atom. The average Bonchev–Trinajstić information content (AvgIpc) is 3.64. The first kappa shape index (κ1) is 27.6. The number of fused-ring (bicyclic) bond motifs is 1. The third-order valence-corrected chi connectivity index (χ3v) is 7.53. The van der Waals surface area contributed by atoms with Crippen LogP contribution >= 0.6 is 0 Å². The Labute approximate surface area is 236 Å². The molecule has 1 atom stereocenters. The van der Waals surface area contributed by atoms with E-state index >= 15 is 0 Å². The lowest BCUT2D eigenvalue weighted by atomic mass is 10.0. The predicted molar refractivity (Wildman–Crippen MR) is 160 cm³/mol. The molecule has 0 spiro atoms. The Kier molecular flexibility index (Phi) is 8.57. The molecule has 4 aromatic rings. The topological polar surface area (TPSA) is 77.6 Å². The van der Waals surface area contributed by atoms with Gasteiger partial charge in [-0.15, -0.1) is 0 Å². The fourth-order valence-corrected chi connectivity index (χ4v) is 5.27. The van der Waals surface area contributed by atoms with Gasteiger partial charge in [0, 0.05) is 55.6 Å². The molecule has 0 aliphatic carbocycles. The summed E-state index contributed by atoms with van der Waals surface area (Å²) in [5.41, 5.74) is 6.05. The van der Waals surface area contributed by atoms with Crippen molar-refractivity contribution in [3.05, 3.63) is 78.5 Å². The molecular weight excluding hydrogens is 500 g/mol. The smallest absolute Gasteiger partial charge is 0.246 e. The van der Waals surface area contributed by atoms with Crippen molar-refractivity contribution >= 4 is 17.1 Å². The van der Waals surface area contributed by atoms with Gasteiger partial charge in [-0.2, -0.15) is 0 Å². The van der Waals surface area contributed by atoms with Gasteiger partial charge in [-0.1, -0.05) is 37.3 Å². The Balaban J connectivity index is 1.27. The van der Waals surface area contributed by atoms with E-state index in [9.17, 15) is 4.79 Å². The van der Waals surface area contributed by atoms with Crippen LogP contribution in [0.5, 0.6) is 5.75 Å². The monoisotopic (exact) mass is 538 g/mol. The number of amides is 1. The van der Waals surface area contributed by atoms with Crippen molar-refractivity contribution in [3.8, 4) is 28.3 Å². The summed E-state index contributed by atoms with van der Waals surface area (Å²) in [5, 5.41) is 0. The molecule has 1 amide bonds. The van der Waals surface area contributed by atoms with Crippen molar-refractivity contribution in [1.82, 2.24) is 29.7 Å². The highest BCUT2D eigenvalue weighted by molar-refractivity contribution is 5.91. The van der Waals surface area contributed by atoms with Crippen molar-refractivity contribution in [3.63, 3.8) is 0 Å². The fraction of sp³-hybridized carbons (Fsp3) is 0.344. The average molecular weight is 539 g/mol. The highest BCUT2D eigenvalue weighted by Crippen LogP contribution is 2.30. The molecule has 1 N–H and O–H groups in total. The highest BCUT2D eigenvalue weighted by atomic mass is 16.5. The second-order valence-corrected chi connectivity index (χ2v) is 10.5. The van der Waals surface area contributed by atoms with Crippen LogP contribution < -0.4 is 4.74 Å². The summed E-state index contributed by atoms with van der Waals surface area (Å²) < 4.78 is 5.28. The quantitative estimate of drug-likeness (QED) is 0.291. The molecule has 1 aliphatic heterocycles. The Morgan fingerprint density at radius 3 is 2.55 bits per heavy atom. The summed E-state index contributed by atoms with van der Waals surface area (Å²) in [6.07, 6.45) is 6.47.